The fourth-order valence-electron chi connectivity index (χ4n) is 2.66. The van der Waals surface area contributed by atoms with Crippen LogP contribution in [0, 0.1) is 22.7 Å². The molecule has 5 nitrogen and oxygen atoms in total. The van der Waals surface area contributed by atoms with Crippen LogP contribution in [-0.2, 0) is 0 Å². The van der Waals surface area contributed by atoms with Gasteiger partial charge in [-0.25, -0.2) is 0 Å². The molecule has 0 aliphatic heterocycles. The Hall–Kier alpha value is -3.02. The van der Waals surface area contributed by atoms with E-state index in [1.165, 1.54) is 6.42 Å². The molecule has 0 spiro atoms. The molecule has 0 radical (unpaired) electrons. The molecule has 0 bridgehead atoms. The first-order valence-corrected chi connectivity index (χ1v) is 9.78. The van der Waals surface area contributed by atoms with Gasteiger partial charge in [-0.15, -0.1) is 0 Å². The zero-order chi connectivity index (χ0) is 19.9. The molecule has 0 amide bonds. The van der Waals surface area contributed by atoms with E-state index >= 15 is 0 Å². The molecule has 1 N–H and O–H groups in total. The molecule has 0 atom stereocenters. The Balaban J connectivity index is 1.37. The van der Waals surface area contributed by atoms with E-state index in [1.807, 2.05) is 24.3 Å². The van der Waals surface area contributed by atoms with Crippen LogP contribution in [0.3, 0.4) is 0 Å². The third-order valence-corrected chi connectivity index (χ3v) is 4.25. The van der Waals surface area contributed by atoms with Crippen molar-refractivity contribution in [2.45, 2.75) is 32.1 Å². The van der Waals surface area contributed by atoms with E-state index in [1.54, 1.807) is 24.3 Å². The predicted molar refractivity (Wildman–Crippen MR) is 109 cm³/mol. The summed E-state index contributed by atoms with van der Waals surface area (Å²) >= 11 is 0. The van der Waals surface area contributed by atoms with Crippen molar-refractivity contribution in [3.05, 3.63) is 59.7 Å². The summed E-state index contributed by atoms with van der Waals surface area (Å²) in [5, 5.41) is 21.0. The normalized spacial score (nSPS) is 10.1. The molecule has 28 heavy (non-hydrogen) atoms. The smallest absolute Gasteiger partial charge is 0.119 e. The van der Waals surface area contributed by atoms with E-state index < -0.39 is 0 Å². The molecular formula is C23H27N3O2. The second kappa shape index (κ2) is 13.2. The first-order valence-electron chi connectivity index (χ1n) is 9.78. The highest BCUT2D eigenvalue weighted by Gasteiger charge is 1.97. The van der Waals surface area contributed by atoms with Crippen LogP contribution in [-0.4, -0.2) is 26.3 Å². The second-order valence-corrected chi connectivity index (χ2v) is 6.49. The Morgan fingerprint density at radius 3 is 1.61 bits per heavy atom. The van der Waals surface area contributed by atoms with Crippen LogP contribution in [0.4, 0.5) is 0 Å². The monoisotopic (exact) mass is 377 g/mol. The molecule has 0 saturated heterocycles. The highest BCUT2D eigenvalue weighted by atomic mass is 16.5. The highest BCUT2D eigenvalue weighted by Crippen LogP contribution is 2.13. The van der Waals surface area contributed by atoms with Crippen molar-refractivity contribution in [2.24, 2.45) is 0 Å². The van der Waals surface area contributed by atoms with Gasteiger partial charge in [-0.1, -0.05) is 12.8 Å². The van der Waals surface area contributed by atoms with Crippen molar-refractivity contribution in [3.63, 3.8) is 0 Å². The summed E-state index contributed by atoms with van der Waals surface area (Å²) in [5.74, 6) is 1.63. The molecule has 5 heteroatoms. The van der Waals surface area contributed by atoms with Gasteiger partial charge in [0.25, 0.3) is 0 Å². The first kappa shape index (κ1) is 21.3. The van der Waals surface area contributed by atoms with Gasteiger partial charge in [-0.3, -0.25) is 0 Å². The quantitative estimate of drug-likeness (QED) is 0.523. The van der Waals surface area contributed by atoms with Gasteiger partial charge in [0.05, 0.1) is 36.5 Å². The van der Waals surface area contributed by atoms with Crippen molar-refractivity contribution in [1.82, 2.24) is 5.32 Å². The summed E-state index contributed by atoms with van der Waals surface area (Å²) in [6, 6.07) is 18.6. The van der Waals surface area contributed by atoms with Gasteiger partial charge >= 0.3 is 0 Å². The standard InChI is InChI=1S/C23H27N3O2/c24-18-20-6-10-22(11-7-20)27-16-4-2-1-3-14-26-15-5-17-28-23-12-8-21(19-25)9-13-23/h6-13,26H,1-5,14-17H2. The lowest BCUT2D eigenvalue weighted by Gasteiger charge is -2.08. The number of benzene rings is 2. The predicted octanol–water partition coefficient (Wildman–Crippen LogP) is 4.43. The van der Waals surface area contributed by atoms with E-state index in [2.05, 4.69) is 17.5 Å². The lowest BCUT2D eigenvalue weighted by Crippen LogP contribution is -2.18. The van der Waals surface area contributed by atoms with E-state index in [-0.39, 0.29) is 0 Å². The number of nitrogens with one attached hydrogen (secondary N) is 1. The summed E-state index contributed by atoms with van der Waals surface area (Å²) in [6.07, 6.45) is 5.50. The van der Waals surface area contributed by atoms with Gasteiger partial charge in [-0.05, 0) is 80.9 Å². The molecule has 2 aromatic rings. The average molecular weight is 377 g/mol. The number of nitrogens with zero attached hydrogens (tertiary/aromatic N) is 2. The molecule has 2 aromatic carbocycles. The van der Waals surface area contributed by atoms with Crippen LogP contribution in [0.25, 0.3) is 0 Å². The topological polar surface area (TPSA) is 78.1 Å². The average Bonchev–Trinajstić information content (AvgIpc) is 2.75. The Labute approximate surface area is 167 Å². The summed E-state index contributed by atoms with van der Waals surface area (Å²) in [6.45, 7) is 3.35. The van der Waals surface area contributed by atoms with Crippen molar-refractivity contribution in [1.29, 1.82) is 10.5 Å². The van der Waals surface area contributed by atoms with E-state index in [0.29, 0.717) is 24.3 Å². The van der Waals surface area contributed by atoms with Crippen molar-refractivity contribution >= 4 is 0 Å². The minimum Gasteiger partial charge on any atom is -0.494 e. The van der Waals surface area contributed by atoms with E-state index in [9.17, 15) is 0 Å². The minimum atomic E-state index is 0.648. The summed E-state index contributed by atoms with van der Waals surface area (Å²) in [5.41, 5.74) is 1.30. The number of hydrogen-bond donors (Lipinski definition) is 1. The molecule has 0 unspecified atom stereocenters. The van der Waals surface area contributed by atoms with E-state index in [4.69, 9.17) is 20.0 Å². The highest BCUT2D eigenvalue weighted by molar-refractivity contribution is 5.35. The van der Waals surface area contributed by atoms with Crippen LogP contribution in [0.1, 0.15) is 43.2 Å². The lowest BCUT2D eigenvalue weighted by molar-refractivity contribution is 0.303. The zero-order valence-electron chi connectivity index (χ0n) is 16.2. The summed E-state index contributed by atoms with van der Waals surface area (Å²) in [4.78, 5) is 0. The molecule has 0 saturated carbocycles. The summed E-state index contributed by atoms with van der Waals surface area (Å²) in [7, 11) is 0. The van der Waals surface area contributed by atoms with Crippen LogP contribution in [0.5, 0.6) is 11.5 Å². The Morgan fingerprint density at radius 1 is 0.607 bits per heavy atom. The van der Waals surface area contributed by atoms with Gasteiger partial charge in [-0.2, -0.15) is 10.5 Å². The van der Waals surface area contributed by atoms with Gasteiger partial charge < -0.3 is 14.8 Å². The number of rotatable bonds is 13. The molecule has 146 valence electrons. The second-order valence-electron chi connectivity index (χ2n) is 6.49. The van der Waals surface area contributed by atoms with Crippen LogP contribution in [0.2, 0.25) is 0 Å². The molecule has 0 aliphatic rings. The van der Waals surface area contributed by atoms with Gasteiger partial charge in [0.2, 0.25) is 0 Å². The first-order chi connectivity index (χ1) is 13.8. The third kappa shape index (κ3) is 8.58. The van der Waals surface area contributed by atoms with Crippen molar-refractivity contribution < 1.29 is 9.47 Å². The lowest BCUT2D eigenvalue weighted by atomic mass is 10.2. The van der Waals surface area contributed by atoms with Gasteiger partial charge in [0, 0.05) is 0 Å². The fraction of sp³-hybridized carbons (Fsp3) is 0.391. The Bertz CT molecular complexity index is 691. The van der Waals surface area contributed by atoms with E-state index in [0.717, 1.165) is 50.3 Å². The number of ether oxygens (including phenoxy) is 2. The minimum absolute atomic E-state index is 0.648. The number of hydrogen-bond acceptors (Lipinski definition) is 5. The maximum Gasteiger partial charge on any atom is 0.119 e. The largest absolute Gasteiger partial charge is 0.494 e. The van der Waals surface area contributed by atoms with Crippen LogP contribution < -0.4 is 14.8 Å². The molecule has 0 heterocycles. The zero-order valence-corrected chi connectivity index (χ0v) is 16.2. The molecule has 2 rings (SSSR count). The van der Waals surface area contributed by atoms with Gasteiger partial charge in [0.15, 0.2) is 0 Å². The van der Waals surface area contributed by atoms with Crippen LogP contribution in [0.15, 0.2) is 48.5 Å². The van der Waals surface area contributed by atoms with Crippen LogP contribution >= 0.6 is 0 Å². The Morgan fingerprint density at radius 2 is 1.07 bits per heavy atom. The summed E-state index contributed by atoms with van der Waals surface area (Å²) < 4.78 is 11.3. The Kier molecular flexibility index (Phi) is 10.0. The third-order valence-electron chi connectivity index (χ3n) is 4.25. The maximum atomic E-state index is 8.76. The molecular weight excluding hydrogens is 350 g/mol. The fourth-order valence-corrected chi connectivity index (χ4v) is 2.66. The molecule has 0 fully saturated rings. The SMILES string of the molecule is N#Cc1ccc(OCCCCCCNCCCOc2ccc(C#N)cc2)cc1. The molecule has 0 aliphatic carbocycles. The molecule has 0 aromatic heterocycles. The van der Waals surface area contributed by atoms with Crippen molar-refractivity contribution in [3.8, 4) is 23.6 Å². The number of nitriles is 2. The maximum absolute atomic E-state index is 8.76. The van der Waals surface area contributed by atoms with Gasteiger partial charge in [0.1, 0.15) is 11.5 Å². The van der Waals surface area contributed by atoms with Crippen molar-refractivity contribution in [2.75, 3.05) is 26.3 Å². The number of unbranched alkanes of at least 4 members (excludes halogenated alkanes) is 3.